The number of hydrogen-bond donors (Lipinski definition) is 0. The van der Waals surface area contributed by atoms with Crippen LogP contribution in [0, 0.1) is 5.92 Å². The highest BCUT2D eigenvalue weighted by Gasteiger charge is 2.15. The summed E-state index contributed by atoms with van der Waals surface area (Å²) in [6, 6.07) is 3.69. The number of aromatic nitrogens is 4. The van der Waals surface area contributed by atoms with Gasteiger partial charge in [-0.2, -0.15) is 4.80 Å². The van der Waals surface area contributed by atoms with E-state index in [1.54, 1.807) is 11.1 Å². The van der Waals surface area contributed by atoms with E-state index in [2.05, 4.69) is 15.4 Å². The topological polar surface area (TPSA) is 56.7 Å². The molecule has 0 saturated heterocycles. The van der Waals surface area contributed by atoms with Gasteiger partial charge in [-0.1, -0.05) is 25.7 Å². The van der Waals surface area contributed by atoms with Crippen molar-refractivity contribution in [1.29, 1.82) is 0 Å². The van der Waals surface area contributed by atoms with Gasteiger partial charge in [0, 0.05) is 0 Å². The van der Waals surface area contributed by atoms with Crippen molar-refractivity contribution in [2.45, 2.75) is 45.1 Å². The quantitative estimate of drug-likeness (QED) is 0.781. The Balaban J connectivity index is 1.66. The standard InChI is InChI=1S/C13H18N4O/c1-2-4-7-11(6-3-1)10-17-15-13(14-16-17)12-8-5-9-18-12/h5,8-9,11H,1-4,6-7,10H2. The first-order valence-corrected chi connectivity index (χ1v) is 6.73. The second-order valence-corrected chi connectivity index (χ2v) is 5.00. The van der Waals surface area contributed by atoms with Gasteiger partial charge in [0.2, 0.25) is 5.82 Å². The third kappa shape index (κ3) is 2.60. The van der Waals surface area contributed by atoms with E-state index < -0.39 is 0 Å². The van der Waals surface area contributed by atoms with Gasteiger partial charge >= 0.3 is 0 Å². The molecule has 18 heavy (non-hydrogen) atoms. The van der Waals surface area contributed by atoms with Gasteiger partial charge in [0.25, 0.3) is 0 Å². The lowest BCUT2D eigenvalue weighted by molar-refractivity contribution is 0.347. The first kappa shape index (κ1) is 11.4. The van der Waals surface area contributed by atoms with E-state index >= 15 is 0 Å². The molecule has 96 valence electrons. The molecule has 1 fully saturated rings. The van der Waals surface area contributed by atoms with Gasteiger partial charge in [-0.15, -0.1) is 10.2 Å². The summed E-state index contributed by atoms with van der Waals surface area (Å²) in [5.74, 6) is 1.96. The fourth-order valence-corrected chi connectivity index (χ4v) is 2.60. The molecular formula is C13H18N4O. The van der Waals surface area contributed by atoms with Crippen molar-refractivity contribution in [3.05, 3.63) is 18.4 Å². The highest BCUT2D eigenvalue weighted by molar-refractivity contribution is 5.43. The third-order valence-corrected chi connectivity index (χ3v) is 3.59. The van der Waals surface area contributed by atoms with Crippen LogP contribution in [0.2, 0.25) is 0 Å². The maximum atomic E-state index is 5.26. The van der Waals surface area contributed by atoms with Crippen LogP contribution in [-0.4, -0.2) is 20.2 Å². The third-order valence-electron chi connectivity index (χ3n) is 3.59. The molecule has 0 N–H and O–H groups in total. The molecule has 0 aliphatic heterocycles. The molecule has 5 heteroatoms. The molecule has 2 heterocycles. The minimum atomic E-state index is 0.577. The van der Waals surface area contributed by atoms with Crippen LogP contribution in [0.15, 0.2) is 22.8 Å². The van der Waals surface area contributed by atoms with E-state index in [1.807, 2.05) is 12.1 Å². The molecule has 0 spiro atoms. The average molecular weight is 246 g/mol. The van der Waals surface area contributed by atoms with Gasteiger partial charge in [0.1, 0.15) is 0 Å². The lowest BCUT2D eigenvalue weighted by Crippen LogP contribution is -2.12. The fourth-order valence-electron chi connectivity index (χ4n) is 2.60. The maximum Gasteiger partial charge on any atom is 0.240 e. The molecule has 1 aliphatic carbocycles. The van der Waals surface area contributed by atoms with Crippen LogP contribution < -0.4 is 0 Å². The summed E-state index contributed by atoms with van der Waals surface area (Å²) < 4.78 is 5.26. The lowest BCUT2D eigenvalue weighted by atomic mass is 10.0. The van der Waals surface area contributed by atoms with Crippen molar-refractivity contribution >= 4 is 0 Å². The van der Waals surface area contributed by atoms with E-state index in [4.69, 9.17) is 4.42 Å². The summed E-state index contributed by atoms with van der Waals surface area (Å²) in [4.78, 5) is 1.72. The van der Waals surface area contributed by atoms with Crippen molar-refractivity contribution < 1.29 is 4.42 Å². The van der Waals surface area contributed by atoms with Crippen LogP contribution in [-0.2, 0) is 6.54 Å². The number of tetrazole rings is 1. The number of rotatable bonds is 3. The van der Waals surface area contributed by atoms with Gasteiger partial charge in [-0.3, -0.25) is 0 Å². The Morgan fingerprint density at radius 2 is 2.06 bits per heavy atom. The average Bonchev–Trinajstić information content (AvgIpc) is 2.98. The van der Waals surface area contributed by atoms with Crippen molar-refractivity contribution in [3.8, 4) is 11.6 Å². The molecule has 2 aromatic heterocycles. The Hall–Kier alpha value is -1.65. The molecule has 1 aliphatic rings. The molecular weight excluding hydrogens is 228 g/mol. The van der Waals surface area contributed by atoms with Crippen LogP contribution in [0.25, 0.3) is 11.6 Å². The summed E-state index contributed by atoms with van der Waals surface area (Å²) >= 11 is 0. The van der Waals surface area contributed by atoms with Crippen molar-refractivity contribution in [2.24, 2.45) is 5.92 Å². The van der Waals surface area contributed by atoms with Crippen LogP contribution >= 0.6 is 0 Å². The van der Waals surface area contributed by atoms with Crippen LogP contribution in [0.5, 0.6) is 0 Å². The minimum Gasteiger partial charge on any atom is -0.461 e. The Morgan fingerprint density at radius 1 is 1.22 bits per heavy atom. The Morgan fingerprint density at radius 3 is 2.78 bits per heavy atom. The summed E-state index contributed by atoms with van der Waals surface area (Å²) in [5, 5.41) is 12.5. The normalized spacial score (nSPS) is 17.8. The largest absolute Gasteiger partial charge is 0.461 e. The van der Waals surface area contributed by atoms with Gasteiger partial charge in [-0.25, -0.2) is 0 Å². The molecule has 2 aromatic rings. The molecule has 1 saturated carbocycles. The minimum absolute atomic E-state index is 0.577. The summed E-state index contributed by atoms with van der Waals surface area (Å²) in [5.41, 5.74) is 0. The molecule has 0 aromatic carbocycles. The Kier molecular flexibility index (Phi) is 3.39. The van der Waals surface area contributed by atoms with Gasteiger partial charge in [0.05, 0.1) is 12.8 Å². The molecule has 0 amide bonds. The summed E-state index contributed by atoms with van der Waals surface area (Å²) in [7, 11) is 0. The highest BCUT2D eigenvalue weighted by Crippen LogP contribution is 2.24. The van der Waals surface area contributed by atoms with Crippen LogP contribution in [0.4, 0.5) is 0 Å². The predicted octanol–water partition coefficient (Wildman–Crippen LogP) is 2.90. The monoisotopic (exact) mass is 246 g/mol. The second kappa shape index (κ2) is 5.33. The number of nitrogens with zero attached hydrogens (tertiary/aromatic N) is 4. The SMILES string of the molecule is c1coc(-c2nnn(CC3CCCCCC3)n2)c1. The zero-order valence-corrected chi connectivity index (χ0v) is 10.5. The fraction of sp³-hybridized carbons (Fsp3) is 0.615. The second-order valence-electron chi connectivity index (χ2n) is 5.00. The maximum absolute atomic E-state index is 5.26. The Labute approximate surface area is 106 Å². The number of furan rings is 1. The summed E-state index contributed by atoms with van der Waals surface area (Å²) in [6.45, 7) is 0.883. The lowest BCUT2D eigenvalue weighted by Gasteiger charge is -2.11. The molecule has 0 radical (unpaired) electrons. The molecule has 0 unspecified atom stereocenters. The van der Waals surface area contributed by atoms with Gasteiger partial charge in [-0.05, 0) is 36.1 Å². The van der Waals surface area contributed by atoms with Crippen molar-refractivity contribution in [3.63, 3.8) is 0 Å². The zero-order chi connectivity index (χ0) is 12.2. The van der Waals surface area contributed by atoms with Crippen LogP contribution in [0.1, 0.15) is 38.5 Å². The smallest absolute Gasteiger partial charge is 0.240 e. The predicted molar refractivity (Wildman–Crippen MR) is 66.7 cm³/mol. The van der Waals surface area contributed by atoms with Gasteiger partial charge in [0.15, 0.2) is 5.76 Å². The van der Waals surface area contributed by atoms with Crippen molar-refractivity contribution in [1.82, 2.24) is 20.2 Å². The molecule has 3 rings (SSSR count). The first-order valence-electron chi connectivity index (χ1n) is 6.73. The highest BCUT2D eigenvalue weighted by atomic mass is 16.3. The summed E-state index contributed by atoms with van der Waals surface area (Å²) in [6.07, 6.45) is 9.63. The number of hydrogen-bond acceptors (Lipinski definition) is 4. The van der Waals surface area contributed by atoms with Gasteiger partial charge < -0.3 is 4.42 Å². The van der Waals surface area contributed by atoms with E-state index in [9.17, 15) is 0 Å². The van der Waals surface area contributed by atoms with Crippen molar-refractivity contribution in [2.75, 3.05) is 0 Å². The molecule has 5 nitrogen and oxygen atoms in total. The molecule has 0 bridgehead atoms. The first-order chi connectivity index (χ1) is 8.92. The Bertz CT molecular complexity index is 469. The van der Waals surface area contributed by atoms with E-state index in [1.165, 1.54) is 38.5 Å². The van der Waals surface area contributed by atoms with E-state index in [0.717, 1.165) is 6.54 Å². The zero-order valence-electron chi connectivity index (χ0n) is 10.5. The van der Waals surface area contributed by atoms with E-state index in [0.29, 0.717) is 17.5 Å². The van der Waals surface area contributed by atoms with E-state index in [-0.39, 0.29) is 0 Å². The molecule has 0 atom stereocenters. The van der Waals surface area contributed by atoms with Crippen LogP contribution in [0.3, 0.4) is 0 Å².